The highest BCUT2D eigenvalue weighted by atomic mass is 16.1. The SMILES string of the molecule is O=Cc1nc(-c2ccccc2)cc2ccccc12. The molecule has 0 saturated carbocycles. The quantitative estimate of drug-likeness (QED) is 0.631. The van der Waals surface area contributed by atoms with E-state index in [1.165, 1.54) is 0 Å². The van der Waals surface area contributed by atoms with E-state index in [2.05, 4.69) is 4.98 Å². The lowest BCUT2D eigenvalue weighted by Crippen LogP contribution is -1.92. The van der Waals surface area contributed by atoms with Crippen LogP contribution in [-0.4, -0.2) is 11.3 Å². The highest BCUT2D eigenvalue weighted by Crippen LogP contribution is 2.23. The second kappa shape index (κ2) is 4.41. The molecule has 0 fully saturated rings. The summed E-state index contributed by atoms with van der Waals surface area (Å²) < 4.78 is 0. The fourth-order valence-electron chi connectivity index (χ4n) is 2.07. The number of fused-ring (bicyclic) bond motifs is 1. The normalized spacial score (nSPS) is 10.4. The lowest BCUT2D eigenvalue weighted by molar-refractivity contribution is 0.112. The number of carbonyl (C=O) groups is 1. The summed E-state index contributed by atoms with van der Waals surface area (Å²) in [7, 11) is 0. The Kier molecular flexibility index (Phi) is 2.61. The zero-order chi connectivity index (χ0) is 12.4. The largest absolute Gasteiger partial charge is 0.296 e. The van der Waals surface area contributed by atoms with Crippen molar-refractivity contribution in [2.75, 3.05) is 0 Å². The Morgan fingerprint density at radius 2 is 1.61 bits per heavy atom. The van der Waals surface area contributed by atoms with Crippen LogP contribution in [-0.2, 0) is 0 Å². The van der Waals surface area contributed by atoms with Crippen LogP contribution >= 0.6 is 0 Å². The van der Waals surface area contributed by atoms with Gasteiger partial charge < -0.3 is 0 Å². The predicted molar refractivity (Wildman–Crippen MR) is 72.6 cm³/mol. The summed E-state index contributed by atoms with van der Waals surface area (Å²) in [6.45, 7) is 0. The number of aromatic nitrogens is 1. The number of benzene rings is 2. The molecule has 86 valence electrons. The number of rotatable bonds is 2. The van der Waals surface area contributed by atoms with Crippen LogP contribution in [0, 0.1) is 0 Å². The van der Waals surface area contributed by atoms with E-state index in [1.54, 1.807) is 0 Å². The molecule has 0 aliphatic rings. The van der Waals surface area contributed by atoms with Gasteiger partial charge in [-0.15, -0.1) is 0 Å². The number of pyridine rings is 1. The first-order valence-corrected chi connectivity index (χ1v) is 5.79. The van der Waals surface area contributed by atoms with E-state index in [1.807, 2.05) is 60.7 Å². The minimum absolute atomic E-state index is 0.493. The molecular weight excluding hydrogens is 222 g/mol. The van der Waals surface area contributed by atoms with Crippen LogP contribution in [0.15, 0.2) is 60.7 Å². The average molecular weight is 233 g/mol. The fraction of sp³-hybridized carbons (Fsp3) is 0. The van der Waals surface area contributed by atoms with E-state index >= 15 is 0 Å². The van der Waals surface area contributed by atoms with E-state index in [9.17, 15) is 4.79 Å². The van der Waals surface area contributed by atoms with Crippen molar-refractivity contribution in [3.8, 4) is 11.3 Å². The van der Waals surface area contributed by atoms with Crippen LogP contribution in [0.5, 0.6) is 0 Å². The molecule has 2 aromatic carbocycles. The van der Waals surface area contributed by atoms with Crippen molar-refractivity contribution in [1.29, 1.82) is 0 Å². The van der Waals surface area contributed by atoms with Gasteiger partial charge in [0.1, 0.15) is 5.69 Å². The molecule has 2 nitrogen and oxygen atoms in total. The number of hydrogen-bond donors (Lipinski definition) is 0. The maximum Gasteiger partial charge on any atom is 0.169 e. The predicted octanol–water partition coefficient (Wildman–Crippen LogP) is 3.71. The van der Waals surface area contributed by atoms with Crippen LogP contribution in [0.4, 0.5) is 0 Å². The summed E-state index contributed by atoms with van der Waals surface area (Å²) >= 11 is 0. The Labute approximate surface area is 105 Å². The molecule has 0 saturated heterocycles. The van der Waals surface area contributed by atoms with Crippen molar-refractivity contribution < 1.29 is 4.79 Å². The highest BCUT2D eigenvalue weighted by molar-refractivity contribution is 5.98. The summed E-state index contributed by atoms with van der Waals surface area (Å²) in [4.78, 5) is 15.6. The van der Waals surface area contributed by atoms with Crippen molar-refractivity contribution >= 4 is 17.1 Å². The Hall–Kier alpha value is -2.48. The second-order valence-electron chi connectivity index (χ2n) is 4.10. The zero-order valence-electron chi connectivity index (χ0n) is 9.71. The first-order valence-electron chi connectivity index (χ1n) is 5.79. The first kappa shape index (κ1) is 10.7. The van der Waals surface area contributed by atoms with E-state index in [-0.39, 0.29) is 0 Å². The van der Waals surface area contributed by atoms with Crippen LogP contribution in [0.25, 0.3) is 22.0 Å². The molecule has 1 aromatic heterocycles. The average Bonchev–Trinajstić information content (AvgIpc) is 2.47. The molecular formula is C16H11NO. The summed E-state index contributed by atoms with van der Waals surface area (Å²) in [6.07, 6.45) is 0.814. The maximum absolute atomic E-state index is 11.1. The lowest BCUT2D eigenvalue weighted by atomic mass is 10.1. The summed E-state index contributed by atoms with van der Waals surface area (Å²) in [5, 5.41) is 1.93. The van der Waals surface area contributed by atoms with E-state index < -0.39 is 0 Å². The number of aldehydes is 1. The topological polar surface area (TPSA) is 30.0 Å². The molecule has 3 aromatic rings. The minimum atomic E-state index is 0.493. The Morgan fingerprint density at radius 3 is 2.39 bits per heavy atom. The van der Waals surface area contributed by atoms with Crippen molar-refractivity contribution in [1.82, 2.24) is 4.98 Å². The minimum Gasteiger partial charge on any atom is -0.296 e. The fourth-order valence-corrected chi connectivity index (χ4v) is 2.07. The lowest BCUT2D eigenvalue weighted by Gasteiger charge is -2.05. The molecule has 18 heavy (non-hydrogen) atoms. The van der Waals surface area contributed by atoms with Crippen molar-refractivity contribution in [2.24, 2.45) is 0 Å². The number of hydrogen-bond acceptors (Lipinski definition) is 2. The summed E-state index contributed by atoms with van der Waals surface area (Å²) in [6, 6.07) is 19.7. The second-order valence-corrected chi connectivity index (χ2v) is 4.10. The van der Waals surface area contributed by atoms with Crippen molar-refractivity contribution in [2.45, 2.75) is 0 Å². The van der Waals surface area contributed by atoms with Gasteiger partial charge in [0.2, 0.25) is 0 Å². The van der Waals surface area contributed by atoms with Crippen LogP contribution in [0.3, 0.4) is 0 Å². The highest BCUT2D eigenvalue weighted by Gasteiger charge is 2.06. The molecule has 0 bridgehead atoms. The third kappa shape index (κ3) is 1.78. The molecule has 0 spiro atoms. The molecule has 0 N–H and O–H groups in total. The molecule has 0 unspecified atom stereocenters. The molecule has 0 amide bonds. The van der Waals surface area contributed by atoms with Gasteiger partial charge in [-0.25, -0.2) is 4.98 Å². The van der Waals surface area contributed by atoms with Crippen LogP contribution in [0.1, 0.15) is 10.5 Å². The van der Waals surface area contributed by atoms with Crippen LogP contribution in [0.2, 0.25) is 0 Å². The third-order valence-corrected chi connectivity index (χ3v) is 2.95. The number of nitrogens with zero attached hydrogens (tertiary/aromatic N) is 1. The first-order chi connectivity index (χ1) is 8.88. The smallest absolute Gasteiger partial charge is 0.169 e. The van der Waals surface area contributed by atoms with E-state index in [4.69, 9.17) is 0 Å². The molecule has 0 aliphatic heterocycles. The van der Waals surface area contributed by atoms with E-state index in [0.717, 1.165) is 28.3 Å². The van der Waals surface area contributed by atoms with Crippen molar-refractivity contribution in [3.05, 3.63) is 66.4 Å². The monoisotopic (exact) mass is 233 g/mol. The molecule has 0 aliphatic carbocycles. The molecule has 3 rings (SSSR count). The van der Waals surface area contributed by atoms with Crippen LogP contribution < -0.4 is 0 Å². The Morgan fingerprint density at radius 1 is 0.889 bits per heavy atom. The van der Waals surface area contributed by atoms with Crippen molar-refractivity contribution in [3.63, 3.8) is 0 Å². The zero-order valence-corrected chi connectivity index (χ0v) is 9.71. The molecule has 0 radical (unpaired) electrons. The van der Waals surface area contributed by atoms with Gasteiger partial charge in [0, 0.05) is 10.9 Å². The standard InChI is InChI=1S/C16H11NO/c18-11-16-14-9-5-4-8-13(14)10-15(17-16)12-6-2-1-3-7-12/h1-11H. The van der Waals surface area contributed by atoms with Gasteiger partial charge in [-0.05, 0) is 11.5 Å². The van der Waals surface area contributed by atoms with E-state index in [0.29, 0.717) is 5.69 Å². The molecule has 0 atom stereocenters. The van der Waals surface area contributed by atoms with Gasteiger partial charge in [-0.3, -0.25) is 4.79 Å². The summed E-state index contributed by atoms with van der Waals surface area (Å²) in [5.41, 5.74) is 2.34. The van der Waals surface area contributed by atoms with Gasteiger partial charge in [0.05, 0.1) is 5.69 Å². The van der Waals surface area contributed by atoms with Gasteiger partial charge in [-0.2, -0.15) is 0 Å². The Balaban J connectivity index is 2.29. The maximum atomic E-state index is 11.1. The van der Waals surface area contributed by atoms with Gasteiger partial charge >= 0.3 is 0 Å². The Bertz CT molecular complexity index is 705. The molecule has 2 heteroatoms. The van der Waals surface area contributed by atoms with Gasteiger partial charge in [0.15, 0.2) is 6.29 Å². The summed E-state index contributed by atoms with van der Waals surface area (Å²) in [5.74, 6) is 0. The third-order valence-electron chi connectivity index (χ3n) is 2.95. The number of carbonyl (C=O) groups excluding carboxylic acids is 1. The van der Waals surface area contributed by atoms with Gasteiger partial charge in [-0.1, -0.05) is 54.6 Å². The molecule has 1 heterocycles. The van der Waals surface area contributed by atoms with Gasteiger partial charge in [0.25, 0.3) is 0 Å².